The standard InChI is InChI=1S/C14H13N3O8S/c1-8(13(18)16-9-2-4-10(5-3-9)17(20)21)24-14(19)11-6-7-12(25-11)26(15,22)23/h2-8H,1H3,(H,16,18)(H2,15,22,23). The van der Waals surface area contributed by atoms with Gasteiger partial charge in [0.05, 0.1) is 4.92 Å². The maximum atomic E-state index is 12.0. The van der Waals surface area contributed by atoms with E-state index in [1.807, 2.05) is 0 Å². The van der Waals surface area contributed by atoms with Crippen molar-refractivity contribution in [2.75, 3.05) is 5.32 Å². The van der Waals surface area contributed by atoms with Gasteiger partial charge < -0.3 is 14.5 Å². The normalized spacial score (nSPS) is 12.2. The SMILES string of the molecule is CC(OC(=O)c1ccc(S(N)(=O)=O)o1)C(=O)Nc1ccc([N+](=O)[O-])cc1. The highest BCUT2D eigenvalue weighted by molar-refractivity contribution is 7.89. The van der Waals surface area contributed by atoms with Crippen LogP contribution in [0.15, 0.2) is 45.9 Å². The number of anilines is 1. The van der Waals surface area contributed by atoms with Gasteiger partial charge in [-0.3, -0.25) is 14.9 Å². The van der Waals surface area contributed by atoms with Gasteiger partial charge in [-0.2, -0.15) is 0 Å². The summed E-state index contributed by atoms with van der Waals surface area (Å²) >= 11 is 0. The predicted molar refractivity (Wildman–Crippen MR) is 86.7 cm³/mol. The van der Waals surface area contributed by atoms with Crippen molar-refractivity contribution in [3.63, 3.8) is 0 Å². The molecule has 0 aliphatic heterocycles. The van der Waals surface area contributed by atoms with Crippen LogP contribution in [0.1, 0.15) is 17.5 Å². The third-order valence-electron chi connectivity index (χ3n) is 3.06. The molecule has 0 saturated heterocycles. The molecule has 138 valence electrons. The Hall–Kier alpha value is -3.25. The molecule has 0 aliphatic rings. The minimum Gasteiger partial charge on any atom is -0.447 e. The number of rotatable bonds is 6. The van der Waals surface area contributed by atoms with E-state index in [-0.39, 0.29) is 11.4 Å². The summed E-state index contributed by atoms with van der Waals surface area (Å²) in [7, 11) is -4.11. The fourth-order valence-electron chi connectivity index (χ4n) is 1.77. The van der Waals surface area contributed by atoms with Crippen LogP contribution < -0.4 is 10.5 Å². The van der Waals surface area contributed by atoms with Crippen molar-refractivity contribution in [2.24, 2.45) is 5.14 Å². The van der Waals surface area contributed by atoms with Crippen LogP contribution >= 0.6 is 0 Å². The second kappa shape index (κ2) is 7.33. The summed E-state index contributed by atoms with van der Waals surface area (Å²) in [6.45, 7) is 1.28. The van der Waals surface area contributed by atoms with E-state index < -0.39 is 43.8 Å². The molecule has 1 aromatic carbocycles. The van der Waals surface area contributed by atoms with Crippen molar-refractivity contribution < 1.29 is 32.1 Å². The average Bonchev–Trinajstić information content (AvgIpc) is 3.05. The van der Waals surface area contributed by atoms with Gasteiger partial charge in [0, 0.05) is 17.8 Å². The number of nitrogens with one attached hydrogen (secondary N) is 1. The van der Waals surface area contributed by atoms with Crippen LogP contribution in [0.3, 0.4) is 0 Å². The lowest BCUT2D eigenvalue weighted by molar-refractivity contribution is -0.384. The molecule has 1 unspecified atom stereocenters. The zero-order valence-electron chi connectivity index (χ0n) is 13.2. The molecule has 1 atom stereocenters. The number of nitrogens with two attached hydrogens (primary N) is 1. The third kappa shape index (κ3) is 4.64. The molecular weight excluding hydrogens is 370 g/mol. The molecule has 1 heterocycles. The summed E-state index contributed by atoms with van der Waals surface area (Å²) in [4.78, 5) is 33.8. The Morgan fingerprint density at radius 3 is 2.35 bits per heavy atom. The second-order valence-electron chi connectivity index (χ2n) is 5.00. The Morgan fingerprint density at radius 1 is 1.23 bits per heavy atom. The number of hydrogen-bond donors (Lipinski definition) is 2. The number of sulfonamides is 1. The monoisotopic (exact) mass is 383 g/mol. The van der Waals surface area contributed by atoms with Gasteiger partial charge >= 0.3 is 5.97 Å². The quantitative estimate of drug-likeness (QED) is 0.422. The lowest BCUT2D eigenvalue weighted by Crippen LogP contribution is -2.29. The molecule has 1 amide bonds. The first-order valence-electron chi connectivity index (χ1n) is 6.97. The number of benzene rings is 1. The molecule has 0 fully saturated rings. The number of carbonyl (C=O) groups is 2. The first-order valence-corrected chi connectivity index (χ1v) is 8.51. The lowest BCUT2D eigenvalue weighted by atomic mass is 10.2. The molecule has 11 nitrogen and oxygen atoms in total. The number of non-ortho nitro benzene ring substituents is 1. The summed E-state index contributed by atoms with van der Waals surface area (Å²) in [5.74, 6) is -2.21. The molecule has 0 radical (unpaired) electrons. The molecule has 3 N–H and O–H groups in total. The van der Waals surface area contributed by atoms with Crippen LogP contribution in [0, 0.1) is 10.1 Å². The van der Waals surface area contributed by atoms with Crippen molar-refractivity contribution in [1.82, 2.24) is 0 Å². The van der Waals surface area contributed by atoms with Crippen molar-refractivity contribution in [2.45, 2.75) is 18.1 Å². The van der Waals surface area contributed by atoms with E-state index in [2.05, 4.69) is 5.32 Å². The molecule has 0 saturated carbocycles. The number of nitro groups is 1. The summed E-state index contributed by atoms with van der Waals surface area (Å²) in [5.41, 5.74) is 0.115. The molecule has 26 heavy (non-hydrogen) atoms. The number of amides is 1. The maximum absolute atomic E-state index is 12.0. The Balaban J connectivity index is 1.98. The fraction of sp³-hybridized carbons (Fsp3) is 0.143. The number of nitrogens with zero attached hydrogens (tertiary/aromatic N) is 1. The van der Waals surface area contributed by atoms with Crippen LogP contribution in [0.4, 0.5) is 11.4 Å². The number of primary sulfonamides is 1. The lowest BCUT2D eigenvalue weighted by Gasteiger charge is -2.12. The van der Waals surface area contributed by atoms with Gasteiger partial charge in [0.15, 0.2) is 6.10 Å². The van der Waals surface area contributed by atoms with Crippen molar-refractivity contribution in [3.05, 3.63) is 52.3 Å². The van der Waals surface area contributed by atoms with Crippen molar-refractivity contribution >= 4 is 33.3 Å². The number of esters is 1. The third-order valence-corrected chi connectivity index (χ3v) is 3.84. The number of nitro benzene ring substituents is 1. The van der Waals surface area contributed by atoms with E-state index in [4.69, 9.17) is 14.3 Å². The minimum atomic E-state index is -4.11. The van der Waals surface area contributed by atoms with Gasteiger partial charge in [-0.05, 0) is 31.2 Å². The Labute approximate surface area is 146 Å². The van der Waals surface area contributed by atoms with Gasteiger partial charge in [0.25, 0.3) is 21.6 Å². The van der Waals surface area contributed by atoms with E-state index >= 15 is 0 Å². The Bertz CT molecular complexity index is 949. The zero-order chi connectivity index (χ0) is 19.5. The topological polar surface area (TPSA) is 172 Å². The van der Waals surface area contributed by atoms with E-state index in [1.165, 1.54) is 31.2 Å². The predicted octanol–water partition coefficient (Wildman–Crippen LogP) is 1.02. The van der Waals surface area contributed by atoms with Crippen LogP contribution in [-0.4, -0.2) is 31.3 Å². The molecule has 1 aromatic heterocycles. The van der Waals surface area contributed by atoms with Gasteiger partial charge in [-0.25, -0.2) is 18.4 Å². The van der Waals surface area contributed by atoms with E-state index in [9.17, 15) is 28.1 Å². The van der Waals surface area contributed by atoms with Gasteiger partial charge in [0.1, 0.15) is 0 Å². The largest absolute Gasteiger partial charge is 0.447 e. The summed E-state index contributed by atoms with van der Waals surface area (Å²) in [5, 5.41) is 17.2. The average molecular weight is 383 g/mol. The highest BCUT2D eigenvalue weighted by Gasteiger charge is 2.23. The first-order chi connectivity index (χ1) is 12.1. The number of ether oxygens (including phenoxy) is 1. The second-order valence-corrected chi connectivity index (χ2v) is 6.50. The van der Waals surface area contributed by atoms with Crippen LogP contribution in [-0.2, 0) is 19.6 Å². The van der Waals surface area contributed by atoms with Crippen LogP contribution in [0.25, 0.3) is 0 Å². The van der Waals surface area contributed by atoms with E-state index in [1.54, 1.807) is 0 Å². The summed E-state index contributed by atoms with van der Waals surface area (Å²) < 4.78 is 31.8. The highest BCUT2D eigenvalue weighted by atomic mass is 32.2. The van der Waals surface area contributed by atoms with Crippen molar-refractivity contribution in [3.8, 4) is 0 Å². The smallest absolute Gasteiger partial charge is 0.375 e. The van der Waals surface area contributed by atoms with Crippen molar-refractivity contribution in [1.29, 1.82) is 0 Å². The molecule has 0 bridgehead atoms. The van der Waals surface area contributed by atoms with E-state index in [0.717, 1.165) is 12.1 Å². The number of carbonyl (C=O) groups excluding carboxylic acids is 2. The summed E-state index contributed by atoms with van der Waals surface area (Å²) in [6, 6.07) is 7.05. The fourth-order valence-corrected chi connectivity index (χ4v) is 2.23. The molecule has 0 spiro atoms. The minimum absolute atomic E-state index is 0.147. The Morgan fingerprint density at radius 2 is 1.85 bits per heavy atom. The molecule has 12 heteroatoms. The van der Waals surface area contributed by atoms with Gasteiger partial charge in [-0.15, -0.1) is 0 Å². The van der Waals surface area contributed by atoms with Crippen LogP contribution in [0.2, 0.25) is 0 Å². The number of furan rings is 1. The number of hydrogen-bond acceptors (Lipinski definition) is 8. The molecule has 0 aliphatic carbocycles. The summed E-state index contributed by atoms with van der Waals surface area (Å²) in [6.07, 6.45) is -1.25. The molecular formula is C14H13N3O8S. The van der Waals surface area contributed by atoms with Gasteiger partial charge in [-0.1, -0.05) is 0 Å². The molecule has 2 rings (SSSR count). The van der Waals surface area contributed by atoms with Gasteiger partial charge in [0.2, 0.25) is 10.9 Å². The van der Waals surface area contributed by atoms with Crippen LogP contribution in [0.5, 0.6) is 0 Å². The highest BCUT2D eigenvalue weighted by Crippen LogP contribution is 2.17. The van der Waals surface area contributed by atoms with E-state index in [0.29, 0.717) is 0 Å². The Kier molecular flexibility index (Phi) is 5.38. The first kappa shape index (κ1) is 19.1. The zero-order valence-corrected chi connectivity index (χ0v) is 14.1. The molecule has 2 aromatic rings. The maximum Gasteiger partial charge on any atom is 0.375 e.